The maximum atomic E-state index is 13.0. The van der Waals surface area contributed by atoms with Crippen LogP contribution in [0.3, 0.4) is 0 Å². The van der Waals surface area contributed by atoms with Crippen LogP contribution in [0.5, 0.6) is 0 Å². The summed E-state index contributed by atoms with van der Waals surface area (Å²) in [4.78, 5) is 0. The van der Waals surface area contributed by atoms with Crippen molar-refractivity contribution in [3.05, 3.63) is 33.7 Å². The summed E-state index contributed by atoms with van der Waals surface area (Å²) in [6.45, 7) is 1.99. The molecule has 0 aromatic carbocycles. The fraction of sp³-hybridized carbons (Fsp3) is 0.333. The molecule has 0 spiro atoms. The van der Waals surface area contributed by atoms with Gasteiger partial charge in [0.05, 0.1) is 0 Å². The molecule has 3 heteroatoms. The zero-order chi connectivity index (χ0) is 9.14. The van der Waals surface area contributed by atoms with E-state index in [0.29, 0.717) is 16.6 Å². The Balaban J connectivity index is 2.99. The van der Waals surface area contributed by atoms with Gasteiger partial charge in [0, 0.05) is 16.6 Å². The highest BCUT2D eigenvalue weighted by Crippen LogP contribution is 2.25. The molecule has 0 heterocycles. The van der Waals surface area contributed by atoms with Gasteiger partial charge in [-0.05, 0) is 34.5 Å². The topological polar surface area (TPSA) is 26.0 Å². The summed E-state index contributed by atoms with van der Waals surface area (Å²) in [6.07, 6.45) is 4.43. The van der Waals surface area contributed by atoms with E-state index in [1.54, 1.807) is 6.08 Å². The van der Waals surface area contributed by atoms with E-state index in [4.69, 9.17) is 5.73 Å². The number of halogens is 2. The van der Waals surface area contributed by atoms with Gasteiger partial charge in [-0.15, -0.1) is 0 Å². The predicted octanol–water partition coefficient (Wildman–Crippen LogP) is 3.15. The lowest BCUT2D eigenvalue weighted by Crippen LogP contribution is -1.99. The van der Waals surface area contributed by atoms with Gasteiger partial charge in [0.25, 0.3) is 0 Å². The van der Waals surface area contributed by atoms with Crippen LogP contribution in [0, 0.1) is 0 Å². The Bertz CT molecular complexity index is 276. The SMILES string of the molecule is CCC1=CC(F)=CC(Br)=C(N)C1. The first kappa shape index (κ1) is 9.52. The Morgan fingerprint density at radius 2 is 2.25 bits per heavy atom. The van der Waals surface area contributed by atoms with Gasteiger partial charge >= 0.3 is 0 Å². The third-order valence-electron chi connectivity index (χ3n) is 1.79. The molecule has 0 fully saturated rings. The number of allylic oxidation sites excluding steroid dienone is 5. The molecular formula is C9H11BrFN. The lowest BCUT2D eigenvalue weighted by molar-refractivity contribution is 0.664. The lowest BCUT2D eigenvalue weighted by atomic mass is 10.1. The average molecular weight is 232 g/mol. The van der Waals surface area contributed by atoms with E-state index in [-0.39, 0.29) is 5.83 Å². The van der Waals surface area contributed by atoms with Crippen molar-refractivity contribution in [1.82, 2.24) is 0 Å². The summed E-state index contributed by atoms with van der Waals surface area (Å²) < 4.78 is 13.6. The molecule has 1 rings (SSSR count). The minimum absolute atomic E-state index is 0.237. The van der Waals surface area contributed by atoms with Gasteiger partial charge in [-0.3, -0.25) is 0 Å². The molecule has 0 bridgehead atoms. The van der Waals surface area contributed by atoms with Crippen molar-refractivity contribution in [1.29, 1.82) is 0 Å². The first-order chi connectivity index (χ1) is 5.63. The third kappa shape index (κ3) is 2.21. The first-order valence-corrected chi connectivity index (χ1v) is 4.63. The Morgan fingerprint density at radius 3 is 2.83 bits per heavy atom. The maximum absolute atomic E-state index is 13.0. The monoisotopic (exact) mass is 231 g/mol. The van der Waals surface area contributed by atoms with Gasteiger partial charge < -0.3 is 5.73 Å². The van der Waals surface area contributed by atoms with Gasteiger partial charge in [0.1, 0.15) is 5.83 Å². The highest BCUT2D eigenvalue weighted by Gasteiger charge is 2.07. The van der Waals surface area contributed by atoms with Crippen LogP contribution >= 0.6 is 15.9 Å². The van der Waals surface area contributed by atoms with Crippen molar-refractivity contribution in [2.24, 2.45) is 5.73 Å². The van der Waals surface area contributed by atoms with E-state index in [9.17, 15) is 4.39 Å². The van der Waals surface area contributed by atoms with E-state index >= 15 is 0 Å². The van der Waals surface area contributed by atoms with Gasteiger partial charge in [-0.25, -0.2) is 4.39 Å². The molecule has 0 unspecified atom stereocenters. The van der Waals surface area contributed by atoms with E-state index < -0.39 is 0 Å². The van der Waals surface area contributed by atoms with Crippen molar-refractivity contribution < 1.29 is 4.39 Å². The Hall–Kier alpha value is -0.570. The van der Waals surface area contributed by atoms with E-state index in [1.165, 1.54) is 6.08 Å². The van der Waals surface area contributed by atoms with Crippen molar-refractivity contribution in [2.75, 3.05) is 0 Å². The van der Waals surface area contributed by atoms with Crippen LogP contribution in [0.2, 0.25) is 0 Å². The molecule has 66 valence electrons. The molecule has 0 saturated heterocycles. The van der Waals surface area contributed by atoms with Crippen LogP contribution < -0.4 is 5.73 Å². The Labute approximate surface area is 80.0 Å². The van der Waals surface area contributed by atoms with Crippen LogP contribution in [-0.4, -0.2) is 0 Å². The minimum atomic E-state index is -0.237. The van der Waals surface area contributed by atoms with Crippen LogP contribution in [0.15, 0.2) is 33.7 Å². The normalized spacial score (nSPS) is 18.6. The second kappa shape index (κ2) is 3.90. The molecule has 1 nitrogen and oxygen atoms in total. The molecule has 0 aromatic rings. The van der Waals surface area contributed by atoms with Crippen molar-refractivity contribution >= 4 is 15.9 Å². The van der Waals surface area contributed by atoms with Crippen LogP contribution in [0.1, 0.15) is 19.8 Å². The van der Waals surface area contributed by atoms with Gasteiger partial charge in [0.2, 0.25) is 0 Å². The second-order valence-corrected chi connectivity index (χ2v) is 3.59. The molecule has 2 N–H and O–H groups in total. The molecule has 0 saturated carbocycles. The molecule has 1 aliphatic rings. The fourth-order valence-corrected chi connectivity index (χ4v) is 1.42. The van der Waals surface area contributed by atoms with Crippen LogP contribution in [0.25, 0.3) is 0 Å². The quantitative estimate of drug-likeness (QED) is 0.738. The van der Waals surface area contributed by atoms with E-state index in [1.807, 2.05) is 6.92 Å². The van der Waals surface area contributed by atoms with E-state index in [2.05, 4.69) is 15.9 Å². The van der Waals surface area contributed by atoms with Crippen molar-refractivity contribution in [3.8, 4) is 0 Å². The Morgan fingerprint density at radius 1 is 1.58 bits per heavy atom. The minimum Gasteiger partial charge on any atom is -0.401 e. The highest BCUT2D eigenvalue weighted by atomic mass is 79.9. The summed E-state index contributed by atoms with van der Waals surface area (Å²) >= 11 is 3.21. The zero-order valence-electron chi connectivity index (χ0n) is 6.90. The fourth-order valence-electron chi connectivity index (χ4n) is 1.06. The van der Waals surface area contributed by atoms with E-state index in [0.717, 1.165) is 12.0 Å². The molecule has 0 aromatic heterocycles. The van der Waals surface area contributed by atoms with Crippen LogP contribution in [-0.2, 0) is 0 Å². The molecular weight excluding hydrogens is 221 g/mol. The summed E-state index contributed by atoms with van der Waals surface area (Å²) in [5.41, 5.74) is 7.40. The third-order valence-corrected chi connectivity index (χ3v) is 2.52. The largest absolute Gasteiger partial charge is 0.401 e. The zero-order valence-corrected chi connectivity index (χ0v) is 8.49. The lowest BCUT2D eigenvalue weighted by Gasteiger charge is -2.02. The number of hydrogen-bond donors (Lipinski definition) is 1. The number of rotatable bonds is 1. The molecule has 0 aliphatic heterocycles. The summed E-state index contributed by atoms with van der Waals surface area (Å²) in [6, 6.07) is 0. The number of nitrogens with two attached hydrogens (primary N) is 1. The molecule has 12 heavy (non-hydrogen) atoms. The molecule has 0 atom stereocenters. The Kier molecular flexibility index (Phi) is 3.09. The average Bonchev–Trinajstić information content (AvgIpc) is 2.12. The molecule has 0 amide bonds. The highest BCUT2D eigenvalue weighted by molar-refractivity contribution is 9.11. The van der Waals surface area contributed by atoms with Crippen LogP contribution in [0.4, 0.5) is 4.39 Å². The number of hydrogen-bond acceptors (Lipinski definition) is 1. The molecule has 0 radical (unpaired) electrons. The molecule has 1 aliphatic carbocycles. The van der Waals surface area contributed by atoms with Gasteiger partial charge in [-0.1, -0.05) is 12.5 Å². The van der Waals surface area contributed by atoms with Crippen molar-refractivity contribution in [3.63, 3.8) is 0 Å². The summed E-state index contributed by atoms with van der Waals surface area (Å²) in [5.74, 6) is -0.237. The maximum Gasteiger partial charge on any atom is 0.124 e. The van der Waals surface area contributed by atoms with Gasteiger partial charge in [-0.2, -0.15) is 0 Å². The van der Waals surface area contributed by atoms with Crippen molar-refractivity contribution in [2.45, 2.75) is 19.8 Å². The summed E-state index contributed by atoms with van der Waals surface area (Å²) in [7, 11) is 0. The standard InChI is InChI=1S/C9H11BrFN/c1-2-6-3-7(11)5-8(10)9(12)4-6/h3,5H,2,4,12H2,1H3. The second-order valence-electron chi connectivity index (χ2n) is 2.74. The predicted molar refractivity (Wildman–Crippen MR) is 52.3 cm³/mol. The summed E-state index contributed by atoms with van der Waals surface area (Å²) in [5, 5.41) is 0. The van der Waals surface area contributed by atoms with Gasteiger partial charge in [0.15, 0.2) is 0 Å². The first-order valence-electron chi connectivity index (χ1n) is 3.84. The smallest absolute Gasteiger partial charge is 0.124 e.